The minimum Gasteiger partial charge on any atom is -0.444 e. The van der Waals surface area contributed by atoms with Crippen LogP contribution in [0.3, 0.4) is 0 Å². The van der Waals surface area contributed by atoms with E-state index in [-0.39, 0.29) is 28.9 Å². The second-order valence-electron chi connectivity index (χ2n) is 14.3. The first kappa shape index (κ1) is 30.4. The maximum Gasteiger partial charge on any atom is 0.410 e. The number of anilines is 2. The third kappa shape index (κ3) is 7.48. The number of quaternary nitrogens is 1. The third-order valence-corrected chi connectivity index (χ3v) is 7.52. The number of aromatic nitrogens is 3. The summed E-state index contributed by atoms with van der Waals surface area (Å²) in [7, 11) is 0. The van der Waals surface area contributed by atoms with Crippen LogP contribution in [-0.4, -0.2) is 50.0 Å². The Morgan fingerprint density at radius 2 is 1.79 bits per heavy atom. The number of nitrogens with zero attached hydrogens (tertiary/aromatic N) is 4. The molecule has 10 nitrogen and oxygen atoms in total. The Bertz CT molecular complexity index is 1530. The zero-order valence-electron chi connectivity index (χ0n) is 26.5. The molecule has 0 bridgehead atoms. The van der Waals surface area contributed by atoms with Crippen LogP contribution in [0, 0.1) is 0 Å². The van der Waals surface area contributed by atoms with Gasteiger partial charge in [0.2, 0.25) is 11.8 Å². The van der Waals surface area contributed by atoms with Crippen molar-refractivity contribution in [3.63, 3.8) is 0 Å². The van der Waals surface area contributed by atoms with Crippen LogP contribution in [-0.2, 0) is 22.1 Å². The molecule has 4 N–H and O–H groups in total. The molecule has 3 heterocycles. The molecule has 0 spiro atoms. The summed E-state index contributed by atoms with van der Waals surface area (Å²) in [5, 5.41) is 8.28. The van der Waals surface area contributed by atoms with Gasteiger partial charge in [0.25, 0.3) is 5.91 Å². The van der Waals surface area contributed by atoms with Crippen LogP contribution in [0.1, 0.15) is 95.4 Å². The number of pyridine rings is 1. The molecule has 1 fully saturated rings. The highest BCUT2D eigenvalue weighted by Gasteiger charge is 2.36. The Hall–Kier alpha value is -4.05. The van der Waals surface area contributed by atoms with Gasteiger partial charge in [-0.25, -0.2) is 9.78 Å². The van der Waals surface area contributed by atoms with Crippen LogP contribution >= 0.6 is 0 Å². The second kappa shape index (κ2) is 11.2. The molecular weight excluding hydrogens is 542 g/mol. The van der Waals surface area contributed by atoms with E-state index in [9.17, 15) is 9.59 Å². The Balaban J connectivity index is 1.42. The van der Waals surface area contributed by atoms with Gasteiger partial charge in [0.1, 0.15) is 16.9 Å². The zero-order chi connectivity index (χ0) is 31.2. The lowest BCUT2D eigenvalue weighted by molar-refractivity contribution is -0.483. The van der Waals surface area contributed by atoms with Crippen molar-refractivity contribution in [2.45, 2.75) is 97.2 Å². The quantitative estimate of drug-likeness (QED) is 0.355. The lowest BCUT2D eigenvalue weighted by Gasteiger charge is -2.40. The number of benzene rings is 1. The van der Waals surface area contributed by atoms with E-state index < -0.39 is 5.60 Å². The van der Waals surface area contributed by atoms with Crippen LogP contribution < -0.4 is 16.0 Å². The van der Waals surface area contributed by atoms with Crippen LogP contribution in [0.2, 0.25) is 0 Å². The molecule has 0 radical (unpaired) electrons. The molecule has 43 heavy (non-hydrogen) atoms. The van der Waals surface area contributed by atoms with Crippen LogP contribution in [0.4, 0.5) is 27.9 Å². The van der Waals surface area contributed by atoms with Crippen molar-refractivity contribution < 1.29 is 19.6 Å². The van der Waals surface area contributed by atoms with Gasteiger partial charge in [-0.1, -0.05) is 40.7 Å². The van der Waals surface area contributed by atoms with Gasteiger partial charge in [-0.15, -0.1) is 0 Å². The predicted octanol–water partition coefficient (Wildman–Crippen LogP) is 5.36. The Morgan fingerprint density at radius 3 is 2.47 bits per heavy atom. The number of nitrogens with two attached hydrogens (primary N) is 1. The molecule has 1 aromatic carbocycles. The van der Waals surface area contributed by atoms with E-state index in [0.717, 1.165) is 35.5 Å². The summed E-state index contributed by atoms with van der Waals surface area (Å²) < 4.78 is 5.67. The third-order valence-electron chi connectivity index (χ3n) is 7.52. The van der Waals surface area contributed by atoms with Gasteiger partial charge in [-0.3, -0.25) is 15.1 Å². The van der Waals surface area contributed by atoms with E-state index in [1.54, 1.807) is 17.3 Å². The SMILES string of the molecule is CC(C)(C)OC(=O)N1Cc2cc(Nc3ncc(C(=O)NC4CC4)c([NH2+]c4ccnc(C(C)(C)C)c4)n3)ccc2C(C)(C)C1. The van der Waals surface area contributed by atoms with Crippen molar-refractivity contribution >= 4 is 35.1 Å². The maximum atomic E-state index is 13.1. The molecule has 0 unspecified atom stereocenters. The number of ether oxygens (including phenoxy) is 1. The van der Waals surface area contributed by atoms with Gasteiger partial charge < -0.3 is 20.3 Å². The fourth-order valence-electron chi connectivity index (χ4n) is 5.21. The molecule has 1 aliphatic heterocycles. The van der Waals surface area contributed by atoms with E-state index in [1.807, 2.05) is 50.4 Å². The van der Waals surface area contributed by atoms with E-state index in [4.69, 9.17) is 9.72 Å². The van der Waals surface area contributed by atoms with Gasteiger partial charge in [0.15, 0.2) is 0 Å². The number of carbonyl (C=O) groups excluding carboxylic acids is 2. The monoisotopic (exact) mass is 586 g/mol. The number of rotatable bonds is 6. The minimum atomic E-state index is -0.566. The molecule has 3 aromatic rings. The number of amides is 2. The van der Waals surface area contributed by atoms with Crippen molar-refractivity contribution in [1.29, 1.82) is 0 Å². The molecule has 1 aliphatic carbocycles. The molecule has 2 amide bonds. The smallest absolute Gasteiger partial charge is 0.410 e. The van der Waals surface area contributed by atoms with Crippen molar-refractivity contribution in [2.75, 3.05) is 11.9 Å². The Kier molecular flexibility index (Phi) is 7.94. The lowest BCUT2D eigenvalue weighted by Crippen LogP contribution is -2.72. The summed E-state index contributed by atoms with van der Waals surface area (Å²) in [5.74, 6) is 0.721. The highest BCUT2D eigenvalue weighted by Crippen LogP contribution is 2.36. The molecule has 0 saturated heterocycles. The molecule has 0 atom stereocenters. The zero-order valence-corrected chi connectivity index (χ0v) is 26.5. The number of carbonyl (C=O) groups is 2. The standard InChI is InChI=1S/C33H43N7O3/c1-31(2,3)26-16-23(13-14-34-26)36-27-24(28(41)37-21-9-10-21)17-35-29(39-27)38-22-11-12-25-20(15-22)18-40(19-33(25,7)8)30(42)43-32(4,5)6/h11-17,21H,9-10,18-19H2,1-8H3,(H,37,41)(H2,34,35,36,38,39)/p+1. The lowest BCUT2D eigenvalue weighted by atomic mass is 9.78. The summed E-state index contributed by atoms with van der Waals surface area (Å²) in [5.41, 5.74) is 4.37. The largest absolute Gasteiger partial charge is 0.444 e. The van der Waals surface area contributed by atoms with Crippen LogP contribution in [0.15, 0.2) is 42.7 Å². The average Bonchev–Trinajstić information content (AvgIpc) is 3.71. The van der Waals surface area contributed by atoms with Crippen molar-refractivity contribution in [3.05, 3.63) is 65.1 Å². The predicted molar refractivity (Wildman–Crippen MR) is 166 cm³/mol. The first-order chi connectivity index (χ1) is 20.1. The molecule has 1 saturated carbocycles. The first-order valence-corrected chi connectivity index (χ1v) is 14.9. The molecule has 2 aromatic heterocycles. The normalized spacial score (nSPS) is 16.3. The summed E-state index contributed by atoms with van der Waals surface area (Å²) in [4.78, 5) is 41.6. The topological polar surface area (TPSA) is 126 Å². The second-order valence-corrected chi connectivity index (χ2v) is 14.3. The van der Waals surface area contributed by atoms with E-state index in [2.05, 4.69) is 61.3 Å². The highest BCUT2D eigenvalue weighted by atomic mass is 16.6. The fraction of sp³-hybridized carbons (Fsp3) is 0.485. The Labute approximate surface area is 254 Å². The van der Waals surface area contributed by atoms with Gasteiger partial charge in [-0.05, 0) is 56.9 Å². The fourth-order valence-corrected chi connectivity index (χ4v) is 5.21. The highest BCUT2D eigenvalue weighted by molar-refractivity contribution is 5.97. The van der Waals surface area contributed by atoms with Gasteiger partial charge >= 0.3 is 6.09 Å². The molecular formula is C33H44N7O3+. The average molecular weight is 587 g/mol. The number of fused-ring (bicyclic) bond motifs is 1. The van der Waals surface area contributed by atoms with E-state index in [0.29, 0.717) is 30.4 Å². The number of hydrogen-bond acceptors (Lipinski definition) is 7. The maximum absolute atomic E-state index is 13.1. The van der Waals surface area contributed by atoms with Gasteiger partial charge in [0, 0.05) is 54.0 Å². The number of nitrogens with one attached hydrogen (secondary N) is 2. The van der Waals surface area contributed by atoms with Crippen molar-refractivity contribution in [1.82, 2.24) is 25.2 Å². The summed E-state index contributed by atoms with van der Waals surface area (Å²) in [6.07, 6.45) is 5.03. The van der Waals surface area contributed by atoms with E-state index >= 15 is 0 Å². The van der Waals surface area contributed by atoms with Gasteiger partial charge in [0.05, 0.1) is 11.9 Å². The van der Waals surface area contributed by atoms with Crippen molar-refractivity contribution in [3.8, 4) is 0 Å². The molecule has 10 heteroatoms. The Morgan fingerprint density at radius 1 is 1.05 bits per heavy atom. The van der Waals surface area contributed by atoms with Crippen LogP contribution in [0.5, 0.6) is 0 Å². The molecule has 228 valence electrons. The molecule has 2 aliphatic rings. The summed E-state index contributed by atoms with van der Waals surface area (Å²) in [6, 6.07) is 10.3. The van der Waals surface area contributed by atoms with E-state index in [1.165, 1.54) is 5.56 Å². The first-order valence-electron chi connectivity index (χ1n) is 14.9. The minimum absolute atomic E-state index is 0.117. The van der Waals surface area contributed by atoms with Crippen molar-refractivity contribution in [2.24, 2.45) is 0 Å². The number of hydrogen-bond donors (Lipinski definition) is 3. The van der Waals surface area contributed by atoms with Crippen LogP contribution in [0.25, 0.3) is 0 Å². The molecule has 5 rings (SSSR count). The summed E-state index contributed by atoms with van der Waals surface area (Å²) in [6.45, 7) is 17.3. The van der Waals surface area contributed by atoms with Gasteiger partial charge in [-0.2, -0.15) is 4.98 Å². The summed E-state index contributed by atoms with van der Waals surface area (Å²) >= 11 is 0.